The average Bonchev–Trinajstić information content (AvgIpc) is 3.40. The van der Waals surface area contributed by atoms with Crippen LogP contribution < -0.4 is 16.4 Å². The van der Waals surface area contributed by atoms with Crippen LogP contribution in [0.4, 0.5) is 32.1 Å². The van der Waals surface area contributed by atoms with E-state index in [4.69, 9.17) is 10.8 Å². The Morgan fingerprint density at radius 3 is 2.42 bits per heavy atom. The summed E-state index contributed by atoms with van der Waals surface area (Å²) in [6, 6.07) is 18.6. The number of urea groups is 1. The standard InChI is InChI=1S/C25H24FN7O2.C8H7NO/c1-14-3-2-4-16(11-14)30-25(35)31-20-10-5-15(12-19(20)26)22-21-23(27)28-13-29-24(21)33(32-22)17-6-8-18(34)9-7-17;1-7-3-2-4-8(5-7)9-6-10/h2-5,10-13,17H,6-9H2,1H3,(H2,27,28,29)(H2,30,31,35);2-5H,1H3. The molecule has 12 heteroatoms. The fraction of sp³-hybridized carbons (Fsp3) is 0.212. The van der Waals surface area contributed by atoms with Crippen LogP contribution in [0, 0.1) is 19.7 Å². The van der Waals surface area contributed by atoms with Gasteiger partial charge in [-0.2, -0.15) is 10.1 Å². The van der Waals surface area contributed by atoms with Gasteiger partial charge in [-0.1, -0.05) is 30.3 Å². The van der Waals surface area contributed by atoms with Gasteiger partial charge in [0.25, 0.3) is 0 Å². The maximum atomic E-state index is 15.0. The lowest BCUT2D eigenvalue weighted by Crippen LogP contribution is -2.20. The molecule has 1 fully saturated rings. The number of nitrogens with one attached hydrogen (secondary N) is 2. The van der Waals surface area contributed by atoms with E-state index in [-0.39, 0.29) is 23.3 Å². The van der Waals surface area contributed by atoms with E-state index in [1.165, 1.54) is 24.5 Å². The number of halogens is 1. The number of Topliss-reactive ketones (excluding diaryl/α,β-unsaturated/α-hetero) is 1. The second-order valence-corrected chi connectivity index (χ2v) is 10.7. The topological polar surface area (TPSA) is 157 Å². The van der Waals surface area contributed by atoms with Crippen molar-refractivity contribution in [2.45, 2.75) is 45.6 Å². The van der Waals surface area contributed by atoms with Crippen molar-refractivity contribution in [3.05, 3.63) is 90.0 Å². The van der Waals surface area contributed by atoms with Crippen LogP contribution in [0.25, 0.3) is 22.3 Å². The third kappa shape index (κ3) is 7.43. The Balaban J connectivity index is 0.000000342. The third-order valence-electron chi connectivity index (χ3n) is 7.32. The molecule has 1 aliphatic rings. The number of ketones is 1. The molecule has 0 bridgehead atoms. The van der Waals surface area contributed by atoms with E-state index in [0.717, 1.165) is 11.1 Å². The highest BCUT2D eigenvalue weighted by Gasteiger charge is 2.26. The molecule has 0 saturated heterocycles. The van der Waals surface area contributed by atoms with Gasteiger partial charge in [0.2, 0.25) is 6.08 Å². The first-order valence-electron chi connectivity index (χ1n) is 14.3. The summed E-state index contributed by atoms with van der Waals surface area (Å²) in [6.07, 6.45) is 5.15. The molecule has 0 aliphatic heterocycles. The Hall–Kier alpha value is -5.74. The molecule has 0 spiro atoms. The number of nitrogens with zero attached hydrogens (tertiary/aromatic N) is 5. The number of hydrogen-bond acceptors (Lipinski definition) is 8. The number of hydrogen-bond donors (Lipinski definition) is 3. The van der Waals surface area contributed by atoms with Gasteiger partial charge in [0.05, 0.1) is 22.8 Å². The van der Waals surface area contributed by atoms with E-state index in [0.29, 0.717) is 59.3 Å². The highest BCUT2D eigenvalue weighted by molar-refractivity contribution is 6.01. The Bertz CT molecular complexity index is 1920. The number of aryl methyl sites for hydroxylation is 2. The van der Waals surface area contributed by atoms with Crippen LogP contribution >= 0.6 is 0 Å². The second-order valence-electron chi connectivity index (χ2n) is 10.7. The highest BCUT2D eigenvalue weighted by atomic mass is 19.1. The van der Waals surface area contributed by atoms with Crippen LogP contribution in [0.1, 0.15) is 42.9 Å². The lowest BCUT2D eigenvalue weighted by molar-refractivity contribution is -0.120. The number of isocyanates is 1. The third-order valence-corrected chi connectivity index (χ3v) is 7.32. The van der Waals surface area contributed by atoms with Crippen molar-refractivity contribution in [3.63, 3.8) is 0 Å². The van der Waals surface area contributed by atoms with Gasteiger partial charge < -0.3 is 16.4 Å². The van der Waals surface area contributed by atoms with E-state index in [2.05, 4.69) is 25.6 Å². The van der Waals surface area contributed by atoms with Gasteiger partial charge in [0.1, 0.15) is 29.4 Å². The zero-order chi connectivity index (χ0) is 31.9. The number of carbonyl (C=O) groups is 2. The average molecular weight is 607 g/mol. The van der Waals surface area contributed by atoms with E-state index in [1.807, 2.05) is 50.2 Å². The fourth-order valence-electron chi connectivity index (χ4n) is 5.14. The molecule has 11 nitrogen and oxygen atoms in total. The molecule has 1 saturated carbocycles. The van der Waals surface area contributed by atoms with Crippen molar-refractivity contribution < 1.29 is 18.8 Å². The number of nitrogen functional groups attached to an aromatic ring is 1. The quantitative estimate of drug-likeness (QED) is 0.146. The van der Waals surface area contributed by atoms with Gasteiger partial charge in [-0.15, -0.1) is 0 Å². The lowest BCUT2D eigenvalue weighted by atomic mass is 9.94. The molecule has 1 aliphatic carbocycles. The van der Waals surface area contributed by atoms with Crippen molar-refractivity contribution in [3.8, 4) is 11.3 Å². The molecule has 4 N–H and O–H groups in total. The summed E-state index contributed by atoms with van der Waals surface area (Å²) in [4.78, 5) is 45.8. The molecule has 5 aromatic rings. The van der Waals surface area contributed by atoms with Crippen molar-refractivity contribution in [1.82, 2.24) is 19.7 Å². The van der Waals surface area contributed by atoms with E-state index >= 15 is 4.39 Å². The van der Waals surface area contributed by atoms with Gasteiger partial charge in [-0.25, -0.2) is 28.6 Å². The summed E-state index contributed by atoms with van der Waals surface area (Å²) in [5.74, 6) is -0.143. The minimum absolute atomic E-state index is 0.00523. The van der Waals surface area contributed by atoms with Gasteiger partial charge in [-0.3, -0.25) is 4.79 Å². The molecule has 45 heavy (non-hydrogen) atoms. The summed E-state index contributed by atoms with van der Waals surface area (Å²) in [7, 11) is 0. The molecular weight excluding hydrogens is 575 g/mol. The molecule has 0 atom stereocenters. The van der Waals surface area contributed by atoms with Crippen LogP contribution in [-0.4, -0.2) is 37.6 Å². The number of amides is 2. The number of aliphatic imine (C=N–C) groups is 1. The molecule has 0 unspecified atom stereocenters. The van der Waals surface area contributed by atoms with Crippen molar-refractivity contribution in [2.75, 3.05) is 16.4 Å². The maximum absolute atomic E-state index is 15.0. The summed E-state index contributed by atoms with van der Waals surface area (Å²) >= 11 is 0. The number of rotatable bonds is 5. The van der Waals surface area contributed by atoms with Crippen LogP contribution in [0.3, 0.4) is 0 Å². The van der Waals surface area contributed by atoms with Crippen LogP contribution in [0.2, 0.25) is 0 Å². The molecular formula is C33H31FN8O3. The first kappa shape index (κ1) is 30.7. The van der Waals surface area contributed by atoms with Crippen molar-refractivity contribution in [1.29, 1.82) is 0 Å². The van der Waals surface area contributed by atoms with Crippen LogP contribution in [-0.2, 0) is 9.59 Å². The first-order valence-corrected chi connectivity index (χ1v) is 14.3. The normalized spacial score (nSPS) is 13.0. The lowest BCUT2D eigenvalue weighted by Gasteiger charge is -2.21. The Labute approximate surface area is 258 Å². The maximum Gasteiger partial charge on any atom is 0.323 e. The summed E-state index contributed by atoms with van der Waals surface area (Å²) in [5.41, 5.74) is 11.0. The SMILES string of the molecule is Cc1cccc(N=C=O)c1.Cc1cccc(NC(=O)Nc2ccc(-c3nn(C4CCC(=O)CC4)c4ncnc(N)c34)cc2F)c1. The Kier molecular flexibility index (Phi) is 9.35. The van der Waals surface area contributed by atoms with Gasteiger partial charge >= 0.3 is 6.03 Å². The number of fused-ring (bicyclic) bond motifs is 1. The number of anilines is 3. The first-order chi connectivity index (χ1) is 21.7. The zero-order valence-electron chi connectivity index (χ0n) is 24.8. The highest BCUT2D eigenvalue weighted by Crippen LogP contribution is 2.36. The zero-order valence-corrected chi connectivity index (χ0v) is 24.8. The minimum Gasteiger partial charge on any atom is -0.383 e. The predicted octanol–water partition coefficient (Wildman–Crippen LogP) is 6.81. The molecule has 2 aromatic heterocycles. The molecule has 228 valence electrons. The van der Waals surface area contributed by atoms with Crippen molar-refractivity contribution in [2.24, 2.45) is 4.99 Å². The Morgan fingerprint density at radius 1 is 1.00 bits per heavy atom. The smallest absolute Gasteiger partial charge is 0.323 e. The summed E-state index contributed by atoms with van der Waals surface area (Å²) in [6.45, 7) is 3.86. The fourth-order valence-corrected chi connectivity index (χ4v) is 5.14. The van der Waals surface area contributed by atoms with E-state index in [9.17, 15) is 14.4 Å². The molecule has 3 aromatic carbocycles. The van der Waals surface area contributed by atoms with Gasteiger partial charge in [0.15, 0.2) is 5.65 Å². The minimum atomic E-state index is -0.622. The van der Waals surface area contributed by atoms with Crippen LogP contribution in [0.5, 0.6) is 0 Å². The van der Waals surface area contributed by atoms with E-state index < -0.39 is 11.8 Å². The van der Waals surface area contributed by atoms with Gasteiger partial charge in [0, 0.05) is 24.1 Å². The number of benzene rings is 3. The van der Waals surface area contributed by atoms with Crippen LogP contribution in [0.15, 0.2) is 78.0 Å². The summed E-state index contributed by atoms with van der Waals surface area (Å²) in [5, 5.41) is 10.5. The number of aromatic nitrogens is 4. The van der Waals surface area contributed by atoms with Gasteiger partial charge in [-0.05, 0) is 74.2 Å². The Morgan fingerprint density at radius 2 is 1.73 bits per heavy atom. The number of nitrogens with two attached hydrogens (primary N) is 1. The molecule has 2 heterocycles. The molecule has 6 rings (SSSR count). The number of carbonyl (C=O) groups excluding carboxylic acids is 3. The molecule has 2 amide bonds. The largest absolute Gasteiger partial charge is 0.383 e. The monoisotopic (exact) mass is 606 g/mol. The van der Waals surface area contributed by atoms with E-state index in [1.54, 1.807) is 22.9 Å². The second kappa shape index (κ2) is 13.7. The van der Waals surface area contributed by atoms with Crippen molar-refractivity contribution >= 4 is 51.8 Å². The summed E-state index contributed by atoms with van der Waals surface area (Å²) < 4.78 is 16.8. The predicted molar refractivity (Wildman–Crippen MR) is 170 cm³/mol. The molecule has 0 radical (unpaired) electrons.